The van der Waals surface area contributed by atoms with Gasteiger partial charge in [0.15, 0.2) is 0 Å². The molecule has 0 aliphatic heterocycles. The zero-order valence-corrected chi connectivity index (χ0v) is 8.61. The normalized spacial score (nSPS) is 10.5. The van der Waals surface area contributed by atoms with E-state index in [9.17, 15) is 4.79 Å². The van der Waals surface area contributed by atoms with Crippen LogP contribution in [0.3, 0.4) is 0 Å². The Balaban J connectivity index is 2.75. The van der Waals surface area contributed by atoms with Crippen LogP contribution in [0, 0.1) is 13.8 Å². The Labute approximate surface area is 87.4 Å². The number of carbonyl (C=O) groups is 1. The Morgan fingerprint density at radius 1 is 1.33 bits per heavy atom. The van der Waals surface area contributed by atoms with Crippen LogP contribution >= 0.6 is 0 Å². The van der Waals surface area contributed by atoms with Crippen molar-refractivity contribution in [3.63, 3.8) is 0 Å². The Kier molecular flexibility index (Phi) is 2.15. The van der Waals surface area contributed by atoms with Crippen LogP contribution in [-0.2, 0) is 0 Å². The molecule has 0 bridgehead atoms. The van der Waals surface area contributed by atoms with Crippen molar-refractivity contribution < 1.29 is 9.90 Å². The number of benzene rings is 1. The molecule has 0 radical (unpaired) electrons. The molecular weight excluding hydrogens is 190 g/mol. The number of hydrogen-bond donors (Lipinski definition) is 1. The second-order valence-corrected chi connectivity index (χ2v) is 3.61. The number of hydrogen-bond acceptors (Lipinski definition) is 2. The maximum absolute atomic E-state index is 10.8. The standard InChI is InChI=1S/C12H11NO2/c1-7-3-4-9-5-10(12(14)15)6-13-11(9)8(7)2/h3-6H,1-2H3,(H,14,15). The zero-order valence-electron chi connectivity index (χ0n) is 8.61. The molecule has 1 N–H and O–H groups in total. The number of carboxylic acid groups (broad SMARTS) is 1. The maximum Gasteiger partial charge on any atom is 0.337 e. The molecule has 1 aromatic heterocycles. The number of carboxylic acids is 1. The summed E-state index contributed by atoms with van der Waals surface area (Å²) in [4.78, 5) is 14.9. The van der Waals surface area contributed by atoms with E-state index in [1.54, 1.807) is 6.07 Å². The Morgan fingerprint density at radius 2 is 2.07 bits per heavy atom. The molecule has 0 amide bonds. The number of pyridine rings is 1. The average molecular weight is 201 g/mol. The first-order valence-corrected chi connectivity index (χ1v) is 4.69. The summed E-state index contributed by atoms with van der Waals surface area (Å²) in [5.41, 5.74) is 3.37. The van der Waals surface area contributed by atoms with Crippen molar-refractivity contribution in [3.8, 4) is 0 Å². The summed E-state index contributed by atoms with van der Waals surface area (Å²) in [5, 5.41) is 9.70. The second-order valence-electron chi connectivity index (χ2n) is 3.61. The Bertz CT molecular complexity index is 547. The average Bonchev–Trinajstić information content (AvgIpc) is 2.23. The van der Waals surface area contributed by atoms with Crippen molar-refractivity contribution in [2.24, 2.45) is 0 Å². The third-order valence-electron chi connectivity index (χ3n) is 2.62. The van der Waals surface area contributed by atoms with Crippen molar-refractivity contribution in [1.29, 1.82) is 0 Å². The van der Waals surface area contributed by atoms with E-state index in [1.807, 2.05) is 26.0 Å². The molecule has 0 saturated heterocycles. The predicted molar refractivity (Wildman–Crippen MR) is 58.2 cm³/mol. The fourth-order valence-corrected chi connectivity index (χ4v) is 1.57. The van der Waals surface area contributed by atoms with Gasteiger partial charge in [-0.05, 0) is 31.0 Å². The topological polar surface area (TPSA) is 50.2 Å². The minimum Gasteiger partial charge on any atom is -0.478 e. The summed E-state index contributed by atoms with van der Waals surface area (Å²) in [5.74, 6) is -0.942. The summed E-state index contributed by atoms with van der Waals surface area (Å²) in [6.07, 6.45) is 1.40. The van der Waals surface area contributed by atoms with Crippen molar-refractivity contribution >= 4 is 16.9 Å². The molecule has 2 rings (SSSR count). The SMILES string of the molecule is Cc1ccc2cc(C(=O)O)cnc2c1C. The largest absolute Gasteiger partial charge is 0.478 e. The number of rotatable bonds is 1. The van der Waals surface area contributed by atoms with Crippen molar-refractivity contribution in [1.82, 2.24) is 4.98 Å². The Hall–Kier alpha value is -1.90. The zero-order chi connectivity index (χ0) is 11.0. The monoisotopic (exact) mass is 201 g/mol. The van der Waals surface area contributed by atoms with E-state index in [1.165, 1.54) is 6.20 Å². The summed E-state index contributed by atoms with van der Waals surface area (Å²) < 4.78 is 0. The lowest BCUT2D eigenvalue weighted by Gasteiger charge is -2.05. The van der Waals surface area contributed by atoms with Crippen molar-refractivity contribution in [2.75, 3.05) is 0 Å². The van der Waals surface area contributed by atoms with Gasteiger partial charge in [0, 0.05) is 11.6 Å². The molecule has 0 atom stereocenters. The molecule has 15 heavy (non-hydrogen) atoms. The van der Waals surface area contributed by atoms with Gasteiger partial charge in [-0.15, -0.1) is 0 Å². The van der Waals surface area contributed by atoms with Gasteiger partial charge in [-0.3, -0.25) is 4.98 Å². The molecule has 3 nitrogen and oxygen atoms in total. The molecule has 2 aromatic rings. The van der Waals surface area contributed by atoms with Gasteiger partial charge in [-0.1, -0.05) is 12.1 Å². The first-order chi connectivity index (χ1) is 7.09. The van der Waals surface area contributed by atoms with E-state index in [4.69, 9.17) is 5.11 Å². The second kappa shape index (κ2) is 3.35. The van der Waals surface area contributed by atoms with E-state index in [0.717, 1.165) is 22.0 Å². The van der Waals surface area contributed by atoms with Gasteiger partial charge in [0.2, 0.25) is 0 Å². The summed E-state index contributed by atoms with van der Waals surface area (Å²) in [7, 11) is 0. The lowest BCUT2D eigenvalue weighted by Crippen LogP contribution is -1.98. The minimum atomic E-state index is -0.942. The molecule has 1 aromatic carbocycles. The van der Waals surface area contributed by atoms with Gasteiger partial charge in [-0.25, -0.2) is 4.79 Å². The number of aryl methyl sites for hydroxylation is 2. The van der Waals surface area contributed by atoms with E-state index in [0.29, 0.717) is 0 Å². The third kappa shape index (κ3) is 1.56. The van der Waals surface area contributed by atoms with E-state index >= 15 is 0 Å². The van der Waals surface area contributed by atoms with E-state index < -0.39 is 5.97 Å². The highest BCUT2D eigenvalue weighted by Crippen LogP contribution is 2.20. The van der Waals surface area contributed by atoms with Gasteiger partial charge in [0.05, 0.1) is 11.1 Å². The van der Waals surface area contributed by atoms with E-state index in [-0.39, 0.29) is 5.56 Å². The molecule has 76 valence electrons. The molecule has 0 unspecified atom stereocenters. The lowest BCUT2D eigenvalue weighted by atomic mass is 10.0. The summed E-state index contributed by atoms with van der Waals surface area (Å²) in [6, 6.07) is 5.53. The van der Waals surface area contributed by atoms with Crippen LogP contribution in [0.15, 0.2) is 24.4 Å². The van der Waals surface area contributed by atoms with Crippen LogP contribution in [-0.4, -0.2) is 16.1 Å². The number of aromatic carboxylic acids is 1. The predicted octanol–water partition coefficient (Wildman–Crippen LogP) is 2.55. The van der Waals surface area contributed by atoms with Gasteiger partial charge >= 0.3 is 5.97 Å². The van der Waals surface area contributed by atoms with Gasteiger partial charge in [0.25, 0.3) is 0 Å². The highest BCUT2D eigenvalue weighted by atomic mass is 16.4. The van der Waals surface area contributed by atoms with Gasteiger partial charge in [-0.2, -0.15) is 0 Å². The molecule has 0 aliphatic rings. The van der Waals surface area contributed by atoms with E-state index in [2.05, 4.69) is 4.98 Å². The third-order valence-corrected chi connectivity index (χ3v) is 2.62. The van der Waals surface area contributed by atoms with Gasteiger partial charge < -0.3 is 5.11 Å². The van der Waals surface area contributed by atoms with Crippen LogP contribution < -0.4 is 0 Å². The maximum atomic E-state index is 10.8. The highest BCUT2D eigenvalue weighted by molar-refractivity contribution is 5.93. The van der Waals surface area contributed by atoms with Crippen LogP contribution in [0.2, 0.25) is 0 Å². The highest BCUT2D eigenvalue weighted by Gasteiger charge is 2.06. The quantitative estimate of drug-likeness (QED) is 0.771. The first-order valence-electron chi connectivity index (χ1n) is 4.69. The van der Waals surface area contributed by atoms with Crippen LogP contribution in [0.4, 0.5) is 0 Å². The van der Waals surface area contributed by atoms with Gasteiger partial charge in [0.1, 0.15) is 0 Å². The summed E-state index contributed by atoms with van der Waals surface area (Å²) in [6.45, 7) is 4.01. The molecular formula is C12H11NO2. The minimum absolute atomic E-state index is 0.228. The van der Waals surface area contributed by atoms with Crippen molar-refractivity contribution in [2.45, 2.75) is 13.8 Å². The summed E-state index contributed by atoms with van der Waals surface area (Å²) >= 11 is 0. The molecule has 1 heterocycles. The smallest absolute Gasteiger partial charge is 0.337 e. The molecule has 0 saturated carbocycles. The van der Waals surface area contributed by atoms with Crippen LogP contribution in [0.1, 0.15) is 21.5 Å². The van der Waals surface area contributed by atoms with Crippen molar-refractivity contribution in [3.05, 3.63) is 41.1 Å². The number of nitrogens with zero attached hydrogens (tertiary/aromatic N) is 1. The molecule has 0 spiro atoms. The number of aromatic nitrogens is 1. The molecule has 0 fully saturated rings. The lowest BCUT2D eigenvalue weighted by molar-refractivity contribution is 0.0696. The first kappa shape index (κ1) is 9.65. The Morgan fingerprint density at radius 3 is 2.73 bits per heavy atom. The fourth-order valence-electron chi connectivity index (χ4n) is 1.57. The number of fused-ring (bicyclic) bond motifs is 1. The van der Waals surface area contributed by atoms with Crippen LogP contribution in [0.25, 0.3) is 10.9 Å². The molecule has 3 heteroatoms. The van der Waals surface area contributed by atoms with Crippen LogP contribution in [0.5, 0.6) is 0 Å². The fraction of sp³-hybridized carbons (Fsp3) is 0.167. The molecule has 0 aliphatic carbocycles.